The van der Waals surface area contributed by atoms with Gasteiger partial charge in [-0.2, -0.15) is 0 Å². The molecular weight excluding hydrogens is 889 g/mol. The van der Waals surface area contributed by atoms with Gasteiger partial charge in [-0.15, -0.1) is 0 Å². The van der Waals surface area contributed by atoms with E-state index in [1.54, 1.807) is 0 Å². The predicted octanol–water partition coefficient (Wildman–Crippen LogP) is 20.1. The third-order valence-electron chi connectivity index (χ3n) is 16.7. The number of allylic oxidation sites excluding steroid dienone is 17. The Morgan fingerprint density at radius 1 is 0.581 bits per heavy atom. The van der Waals surface area contributed by atoms with Gasteiger partial charge in [0.05, 0.1) is 5.41 Å². The van der Waals surface area contributed by atoms with E-state index >= 15 is 0 Å². The van der Waals surface area contributed by atoms with Gasteiger partial charge in [-0.25, -0.2) is 0 Å². The van der Waals surface area contributed by atoms with Gasteiger partial charge in [0.2, 0.25) is 0 Å². The number of fused-ring (bicyclic) bond motifs is 10. The lowest BCUT2D eigenvalue weighted by Gasteiger charge is -2.36. The van der Waals surface area contributed by atoms with Gasteiger partial charge in [0.15, 0.2) is 0 Å². The molecule has 1 saturated carbocycles. The molecule has 74 heavy (non-hydrogen) atoms. The zero-order valence-electron chi connectivity index (χ0n) is 45.2. The van der Waals surface area contributed by atoms with Crippen LogP contribution in [-0.4, -0.2) is 0 Å². The minimum Gasteiger partial charge on any atom is -0.0839 e. The number of aryl methyl sites for hydroxylation is 1. The highest BCUT2D eigenvalue weighted by atomic mass is 14.6. The topological polar surface area (TPSA) is 0 Å². The fourth-order valence-electron chi connectivity index (χ4n) is 12.3. The van der Waals surface area contributed by atoms with Crippen molar-refractivity contribution in [1.82, 2.24) is 0 Å². The zero-order valence-corrected chi connectivity index (χ0v) is 45.2. The van der Waals surface area contributed by atoms with Crippen molar-refractivity contribution in [3.8, 4) is 22.3 Å². The lowest BCUT2D eigenvalue weighted by Crippen LogP contribution is -2.32. The van der Waals surface area contributed by atoms with E-state index in [0.29, 0.717) is 11.8 Å². The summed E-state index contributed by atoms with van der Waals surface area (Å²) in [6.07, 6.45) is 41.6. The lowest BCUT2D eigenvalue weighted by molar-refractivity contribution is 0.494. The first-order chi connectivity index (χ1) is 36.3. The van der Waals surface area contributed by atoms with Crippen LogP contribution in [-0.2, 0) is 11.8 Å². The number of hydrogen-bond acceptors (Lipinski definition) is 0. The van der Waals surface area contributed by atoms with Crippen LogP contribution in [0.15, 0.2) is 218 Å². The standard InChI is InChI=1S/C39H30.C20H24.C13H16.C2H6/c1-26-14-19-29(20-15-26)30-21-16-27(17-22-30)24-28-18-23-34-33-10-4-7-13-37(33)39(38(34)25-28)35-11-5-2-8-31(35)32-9-3-6-12-36(32)39;1-14-6-4-5-7-19(14)20-13-12-18(15(2)16(20)3)11-10-17-8-9-17;1-11-7-9-13(10-8-11)12-5-3-2-4-6-12;1-2/h2-11,13-23,25,36H,12,24H2,1H3;5,7,10-13,17H,4,6,8-9H2,1-3H3;2-5,7,9-12H,6,8H2,1H3;1-2H3/b;11-10-;;. The second kappa shape index (κ2) is 22.6. The Kier molecular flexibility index (Phi) is 15.4. The second-order valence-corrected chi connectivity index (χ2v) is 21.6. The molecule has 13 rings (SSSR count). The summed E-state index contributed by atoms with van der Waals surface area (Å²) < 4.78 is 0. The van der Waals surface area contributed by atoms with Gasteiger partial charge in [0, 0.05) is 11.8 Å². The van der Waals surface area contributed by atoms with Crippen LogP contribution in [0, 0.1) is 44.4 Å². The molecule has 0 nitrogen and oxygen atoms in total. The molecule has 1 fully saturated rings. The van der Waals surface area contributed by atoms with E-state index in [1.807, 2.05) is 13.8 Å². The SMILES string of the molecule is CC.CC1=C(c2ccc(/C=C\C3CC3)c(C)c2C)C=CCC1.CC1C=CC(C2C=CC=CC2)=CC1.Cc1ccc(-c2ccc(Cc3ccc4c(c3)C3(c5ccccc5C5=CC=CCC53)c3ccccc3-4)cc2)cc1. The van der Waals surface area contributed by atoms with Crippen LogP contribution in [0.25, 0.3) is 39.5 Å². The van der Waals surface area contributed by atoms with Gasteiger partial charge < -0.3 is 0 Å². The molecular formula is C74H76. The highest BCUT2D eigenvalue weighted by Crippen LogP contribution is 2.65. The molecule has 0 saturated heterocycles. The molecule has 6 aromatic carbocycles. The smallest absolute Gasteiger partial charge is 0.0541 e. The molecule has 0 N–H and O–H groups in total. The minimum atomic E-state index is -0.135. The van der Waals surface area contributed by atoms with E-state index in [-0.39, 0.29) is 5.41 Å². The first-order valence-electron chi connectivity index (χ1n) is 28.0. The fraction of sp³-hybridized carbons (Fsp3) is 0.270. The molecule has 7 aliphatic rings. The number of hydrogen-bond donors (Lipinski definition) is 0. The summed E-state index contributed by atoms with van der Waals surface area (Å²) in [7, 11) is 0. The third-order valence-corrected chi connectivity index (χ3v) is 16.7. The molecule has 372 valence electrons. The van der Waals surface area contributed by atoms with Crippen LogP contribution in [0.1, 0.15) is 134 Å². The van der Waals surface area contributed by atoms with Crippen molar-refractivity contribution in [2.24, 2.45) is 23.7 Å². The van der Waals surface area contributed by atoms with Crippen molar-refractivity contribution in [2.45, 2.75) is 105 Å². The van der Waals surface area contributed by atoms with Gasteiger partial charge in [-0.05, 0) is 186 Å². The summed E-state index contributed by atoms with van der Waals surface area (Å²) in [6.45, 7) is 15.2. The summed E-state index contributed by atoms with van der Waals surface area (Å²) in [5, 5.41) is 0. The molecule has 0 heterocycles. The summed E-state index contributed by atoms with van der Waals surface area (Å²) in [6, 6.07) is 48.1. The zero-order chi connectivity index (χ0) is 51.2. The molecule has 1 spiro atoms. The highest BCUT2D eigenvalue weighted by molar-refractivity contribution is 5.92. The van der Waals surface area contributed by atoms with Crippen LogP contribution >= 0.6 is 0 Å². The van der Waals surface area contributed by atoms with E-state index in [2.05, 4.69) is 247 Å². The van der Waals surface area contributed by atoms with Gasteiger partial charge in [0.25, 0.3) is 0 Å². The average Bonchev–Trinajstić information content (AvgIpc) is 4.22. The van der Waals surface area contributed by atoms with Crippen molar-refractivity contribution in [1.29, 1.82) is 0 Å². The van der Waals surface area contributed by atoms with Gasteiger partial charge in [-0.1, -0.05) is 244 Å². The van der Waals surface area contributed by atoms with E-state index in [9.17, 15) is 0 Å². The maximum Gasteiger partial charge on any atom is 0.0541 e. The molecule has 4 atom stereocenters. The summed E-state index contributed by atoms with van der Waals surface area (Å²) >= 11 is 0. The Labute approximate surface area is 444 Å². The highest BCUT2D eigenvalue weighted by Gasteiger charge is 2.56. The molecule has 0 radical (unpaired) electrons. The van der Waals surface area contributed by atoms with Crippen LogP contribution in [0.4, 0.5) is 0 Å². The van der Waals surface area contributed by atoms with E-state index in [0.717, 1.165) is 24.7 Å². The molecule has 0 aromatic heterocycles. The van der Waals surface area contributed by atoms with Crippen molar-refractivity contribution in [2.75, 3.05) is 0 Å². The second-order valence-electron chi connectivity index (χ2n) is 21.6. The van der Waals surface area contributed by atoms with E-state index in [4.69, 9.17) is 0 Å². The Hall–Kier alpha value is -7.02. The summed E-state index contributed by atoms with van der Waals surface area (Å²) in [5.41, 5.74) is 26.7. The largest absolute Gasteiger partial charge is 0.0839 e. The minimum absolute atomic E-state index is 0.135. The van der Waals surface area contributed by atoms with Gasteiger partial charge >= 0.3 is 0 Å². The fourth-order valence-corrected chi connectivity index (χ4v) is 12.3. The molecule has 7 aliphatic carbocycles. The Morgan fingerprint density at radius 3 is 1.96 bits per heavy atom. The van der Waals surface area contributed by atoms with Crippen LogP contribution < -0.4 is 0 Å². The lowest BCUT2D eigenvalue weighted by atomic mass is 9.65. The van der Waals surface area contributed by atoms with Crippen LogP contribution in [0.5, 0.6) is 0 Å². The third kappa shape index (κ3) is 10.3. The van der Waals surface area contributed by atoms with E-state index < -0.39 is 0 Å². The maximum absolute atomic E-state index is 2.53. The van der Waals surface area contributed by atoms with Gasteiger partial charge in [-0.3, -0.25) is 0 Å². The molecule has 4 unspecified atom stereocenters. The molecule has 6 aromatic rings. The van der Waals surface area contributed by atoms with Crippen LogP contribution in [0.2, 0.25) is 0 Å². The predicted molar refractivity (Wildman–Crippen MR) is 320 cm³/mol. The quantitative estimate of drug-likeness (QED) is 0.150. The number of rotatable bonds is 7. The number of benzene rings is 6. The van der Waals surface area contributed by atoms with Crippen molar-refractivity contribution in [3.05, 3.63) is 279 Å². The van der Waals surface area contributed by atoms with Crippen molar-refractivity contribution >= 4 is 17.2 Å². The monoisotopic (exact) mass is 965 g/mol. The molecule has 0 bridgehead atoms. The Bertz CT molecular complexity index is 3290. The van der Waals surface area contributed by atoms with Crippen molar-refractivity contribution in [3.63, 3.8) is 0 Å². The first-order valence-corrected chi connectivity index (χ1v) is 28.0. The summed E-state index contributed by atoms with van der Waals surface area (Å²) in [4.78, 5) is 0. The summed E-state index contributed by atoms with van der Waals surface area (Å²) in [5.74, 6) is 2.63. The normalized spacial score (nSPS) is 21.3. The Morgan fingerprint density at radius 2 is 1.26 bits per heavy atom. The van der Waals surface area contributed by atoms with Gasteiger partial charge in [0.1, 0.15) is 0 Å². The first kappa shape index (κ1) is 50.5. The maximum atomic E-state index is 2.53. The Balaban J connectivity index is 0.000000148. The van der Waals surface area contributed by atoms with Crippen LogP contribution in [0.3, 0.4) is 0 Å². The van der Waals surface area contributed by atoms with Crippen molar-refractivity contribution < 1.29 is 0 Å². The molecule has 0 amide bonds. The molecule has 0 aliphatic heterocycles. The van der Waals surface area contributed by atoms with E-state index in [1.165, 1.54) is 144 Å². The molecule has 0 heteroatoms. The average molecular weight is 965 g/mol.